The number of aldehydes is 1. The molecule has 0 amide bonds. The SMILES string of the molecule is CN(C(N)=NC(C=O)c1ccc(-c2cnn(C3CC3)n2)cc1)C(CO)c1ccc(Cl)c(-c2ncnn2C(F)F)c1. The highest BCUT2D eigenvalue weighted by molar-refractivity contribution is 6.33. The lowest BCUT2D eigenvalue weighted by atomic mass is 10.0. The van der Waals surface area contributed by atoms with E-state index in [4.69, 9.17) is 17.3 Å². The Bertz CT molecular complexity index is 1520. The van der Waals surface area contributed by atoms with Gasteiger partial charge in [-0.15, -0.1) is 0 Å². The molecule has 0 radical (unpaired) electrons. The van der Waals surface area contributed by atoms with Gasteiger partial charge in [0.05, 0.1) is 29.9 Å². The van der Waals surface area contributed by atoms with Crippen molar-refractivity contribution in [2.24, 2.45) is 10.7 Å². The number of nitrogens with two attached hydrogens (primary N) is 1. The van der Waals surface area contributed by atoms with Gasteiger partial charge in [0.1, 0.15) is 24.3 Å². The van der Waals surface area contributed by atoms with Gasteiger partial charge in [0.25, 0.3) is 0 Å². The van der Waals surface area contributed by atoms with E-state index in [9.17, 15) is 18.7 Å². The van der Waals surface area contributed by atoms with E-state index in [-0.39, 0.29) is 22.4 Å². The molecule has 2 heterocycles. The molecule has 5 rings (SSSR count). The molecule has 0 bridgehead atoms. The fourth-order valence-corrected chi connectivity index (χ4v) is 4.48. The number of rotatable bonds is 10. The Morgan fingerprint density at radius 2 is 1.95 bits per heavy atom. The van der Waals surface area contributed by atoms with Crippen LogP contribution in [0.1, 0.15) is 48.6 Å². The standard InChI is InChI=1S/C26H26ClF2N9O2/c1-36(23(13-40)17-6-9-20(27)19(10-17)24-31-14-33-37(24)25(28)29)26(30)34-22(12-39)16-4-2-15(3-5-16)21-11-32-38(35-21)18-7-8-18/h2-6,9-12,14,18,22-23,25,40H,7-8,13H2,1H3,(H2,30,34). The number of nitrogens with zero attached hydrogens (tertiary/aromatic N) is 8. The second kappa shape index (κ2) is 11.5. The Morgan fingerprint density at radius 1 is 1.23 bits per heavy atom. The Morgan fingerprint density at radius 3 is 2.60 bits per heavy atom. The average molecular weight is 570 g/mol. The van der Waals surface area contributed by atoms with Crippen LogP contribution in [-0.2, 0) is 4.79 Å². The Hall–Kier alpha value is -4.23. The molecule has 2 aromatic carbocycles. The van der Waals surface area contributed by atoms with Crippen molar-refractivity contribution >= 4 is 23.8 Å². The number of aliphatic hydroxyl groups excluding tert-OH is 1. The molecule has 0 spiro atoms. The zero-order chi connectivity index (χ0) is 28.4. The summed E-state index contributed by atoms with van der Waals surface area (Å²) in [5.41, 5.74) is 9.20. The zero-order valence-electron chi connectivity index (χ0n) is 21.3. The summed E-state index contributed by atoms with van der Waals surface area (Å²) in [4.78, 5) is 23.5. The number of hydrogen-bond acceptors (Lipinski definition) is 7. The maximum Gasteiger partial charge on any atom is 0.335 e. The minimum absolute atomic E-state index is 0.0140. The number of aliphatic imine (C=N–C) groups is 1. The van der Waals surface area contributed by atoms with Crippen molar-refractivity contribution in [3.8, 4) is 22.6 Å². The van der Waals surface area contributed by atoms with Gasteiger partial charge in [0.15, 0.2) is 11.8 Å². The molecule has 2 unspecified atom stereocenters. The van der Waals surface area contributed by atoms with Gasteiger partial charge in [0, 0.05) is 18.2 Å². The fraction of sp³-hybridized carbons (Fsp3) is 0.308. The lowest BCUT2D eigenvalue weighted by Gasteiger charge is -2.29. The van der Waals surface area contributed by atoms with Gasteiger partial charge in [-0.1, -0.05) is 41.9 Å². The summed E-state index contributed by atoms with van der Waals surface area (Å²) in [5, 5.41) is 22.8. The highest BCUT2D eigenvalue weighted by Gasteiger charge is 2.26. The summed E-state index contributed by atoms with van der Waals surface area (Å²) in [6.07, 6.45) is 5.56. The van der Waals surface area contributed by atoms with E-state index in [1.807, 2.05) is 12.1 Å². The maximum absolute atomic E-state index is 13.4. The predicted octanol–water partition coefficient (Wildman–Crippen LogP) is 3.81. The largest absolute Gasteiger partial charge is 0.394 e. The highest BCUT2D eigenvalue weighted by Crippen LogP contribution is 2.34. The number of alkyl halides is 2. The molecule has 0 aliphatic heterocycles. The van der Waals surface area contributed by atoms with Crippen molar-refractivity contribution in [1.82, 2.24) is 34.7 Å². The lowest BCUT2D eigenvalue weighted by Crippen LogP contribution is -2.39. The van der Waals surface area contributed by atoms with Crippen LogP contribution < -0.4 is 5.73 Å². The molecule has 2 atom stereocenters. The second-order valence-corrected chi connectivity index (χ2v) is 9.73. The van der Waals surface area contributed by atoms with Crippen molar-refractivity contribution in [2.45, 2.75) is 37.5 Å². The molecule has 208 valence electrons. The molecule has 11 nitrogen and oxygen atoms in total. The van der Waals surface area contributed by atoms with Crippen LogP contribution in [0.2, 0.25) is 5.02 Å². The average Bonchev–Trinajstić information content (AvgIpc) is 3.47. The normalized spacial score (nSPS) is 15.3. The van der Waals surface area contributed by atoms with Crippen molar-refractivity contribution in [3.05, 3.63) is 71.1 Å². The van der Waals surface area contributed by atoms with Crippen LogP contribution in [0.15, 0.2) is 60.0 Å². The monoisotopic (exact) mass is 569 g/mol. The van der Waals surface area contributed by atoms with Gasteiger partial charge < -0.3 is 20.5 Å². The fourth-order valence-electron chi connectivity index (χ4n) is 4.28. The van der Waals surface area contributed by atoms with Crippen LogP contribution in [0.4, 0.5) is 8.78 Å². The Labute approximate surface area is 232 Å². The van der Waals surface area contributed by atoms with E-state index in [1.54, 1.807) is 36.2 Å². The summed E-state index contributed by atoms with van der Waals surface area (Å²) < 4.78 is 27.2. The first-order valence-electron chi connectivity index (χ1n) is 12.4. The summed E-state index contributed by atoms with van der Waals surface area (Å²) in [5.74, 6) is -0.137. The van der Waals surface area contributed by atoms with E-state index in [0.29, 0.717) is 28.1 Å². The van der Waals surface area contributed by atoms with Crippen molar-refractivity contribution in [1.29, 1.82) is 0 Å². The third-order valence-electron chi connectivity index (χ3n) is 6.71. The summed E-state index contributed by atoms with van der Waals surface area (Å²) in [6.45, 7) is -3.31. The van der Waals surface area contributed by atoms with E-state index in [1.165, 1.54) is 17.0 Å². The molecule has 1 fully saturated rings. The van der Waals surface area contributed by atoms with Crippen LogP contribution in [0.25, 0.3) is 22.6 Å². The topological polar surface area (TPSA) is 140 Å². The van der Waals surface area contributed by atoms with Crippen LogP contribution in [0, 0.1) is 0 Å². The number of guanidine groups is 1. The third kappa shape index (κ3) is 5.56. The Balaban J connectivity index is 1.36. The number of aliphatic hydroxyl groups is 1. The molecule has 14 heteroatoms. The number of likely N-dealkylation sites (N-methyl/N-ethyl adjacent to an activating group) is 1. The van der Waals surface area contributed by atoms with Crippen LogP contribution in [-0.4, -0.2) is 65.7 Å². The molecule has 2 aromatic heterocycles. The second-order valence-electron chi connectivity index (χ2n) is 9.33. The molecular weight excluding hydrogens is 544 g/mol. The predicted molar refractivity (Wildman–Crippen MR) is 143 cm³/mol. The molecule has 1 aliphatic rings. The molecule has 0 saturated heterocycles. The zero-order valence-corrected chi connectivity index (χ0v) is 22.1. The summed E-state index contributed by atoms with van der Waals surface area (Å²) in [6, 6.07) is 10.7. The number of carbonyl (C=O) groups is 1. The van der Waals surface area contributed by atoms with Crippen LogP contribution in [0.3, 0.4) is 0 Å². The quantitative estimate of drug-likeness (QED) is 0.167. The van der Waals surface area contributed by atoms with Crippen LogP contribution in [0.5, 0.6) is 0 Å². The van der Waals surface area contributed by atoms with Gasteiger partial charge in [0.2, 0.25) is 0 Å². The molecule has 3 N–H and O–H groups in total. The number of hydrogen-bond donors (Lipinski definition) is 2. The first-order chi connectivity index (χ1) is 19.3. The van der Waals surface area contributed by atoms with Crippen molar-refractivity contribution in [3.63, 3.8) is 0 Å². The van der Waals surface area contributed by atoms with Gasteiger partial charge >= 0.3 is 6.55 Å². The van der Waals surface area contributed by atoms with Gasteiger partial charge in [-0.05, 0) is 36.1 Å². The van der Waals surface area contributed by atoms with Crippen molar-refractivity contribution < 1.29 is 18.7 Å². The van der Waals surface area contributed by atoms with E-state index in [2.05, 4.69) is 25.3 Å². The minimum atomic E-state index is -2.91. The number of carbonyl (C=O) groups excluding carboxylic acids is 1. The summed E-state index contributed by atoms with van der Waals surface area (Å²) in [7, 11) is 1.60. The van der Waals surface area contributed by atoms with E-state index < -0.39 is 25.2 Å². The smallest absolute Gasteiger partial charge is 0.335 e. The molecule has 4 aromatic rings. The molecule has 40 heavy (non-hydrogen) atoms. The first kappa shape index (κ1) is 27.3. The van der Waals surface area contributed by atoms with E-state index in [0.717, 1.165) is 30.4 Å². The number of halogens is 3. The minimum Gasteiger partial charge on any atom is -0.394 e. The van der Waals surface area contributed by atoms with Gasteiger partial charge in [-0.2, -0.15) is 33.6 Å². The van der Waals surface area contributed by atoms with Gasteiger partial charge in [-0.25, -0.2) is 9.98 Å². The number of aromatic nitrogens is 6. The van der Waals surface area contributed by atoms with Crippen molar-refractivity contribution in [2.75, 3.05) is 13.7 Å². The number of benzene rings is 2. The maximum atomic E-state index is 13.4. The highest BCUT2D eigenvalue weighted by atomic mass is 35.5. The third-order valence-corrected chi connectivity index (χ3v) is 7.04. The lowest BCUT2D eigenvalue weighted by molar-refractivity contribution is -0.108. The molecular formula is C26H26ClF2N9O2. The summed E-state index contributed by atoms with van der Waals surface area (Å²) >= 11 is 6.28. The first-order valence-corrected chi connectivity index (χ1v) is 12.8. The Kier molecular flexibility index (Phi) is 7.85. The molecule has 1 saturated carbocycles. The van der Waals surface area contributed by atoms with Gasteiger partial charge in [-0.3, -0.25) is 0 Å². The molecule has 1 aliphatic carbocycles. The van der Waals surface area contributed by atoms with E-state index >= 15 is 0 Å². The van der Waals surface area contributed by atoms with Crippen LogP contribution >= 0.6 is 11.6 Å².